The standard InChI is InChI=1S/C22H22N2O5S/c1-16(24-30(26,27)21-14-12-18(28-2)13-15-21)22(25)23-17-8-10-20(11-9-17)29-19-6-4-3-5-7-19/h3-16,24H,1-2H3,(H,23,25)/t16-/m0/s1. The van der Waals surface area contributed by atoms with Crippen molar-refractivity contribution >= 4 is 21.6 Å². The van der Waals surface area contributed by atoms with E-state index in [0.29, 0.717) is 22.9 Å². The molecule has 0 unspecified atom stereocenters. The molecule has 3 aromatic rings. The largest absolute Gasteiger partial charge is 0.497 e. The van der Waals surface area contributed by atoms with Crippen molar-refractivity contribution in [3.63, 3.8) is 0 Å². The summed E-state index contributed by atoms with van der Waals surface area (Å²) in [7, 11) is -2.35. The van der Waals surface area contributed by atoms with Crippen LogP contribution in [0.25, 0.3) is 0 Å². The van der Waals surface area contributed by atoms with Crippen LogP contribution in [-0.4, -0.2) is 27.5 Å². The predicted molar refractivity (Wildman–Crippen MR) is 114 cm³/mol. The molecule has 0 saturated carbocycles. The van der Waals surface area contributed by atoms with Crippen LogP contribution in [0.5, 0.6) is 17.2 Å². The Morgan fingerprint density at radius 3 is 2.00 bits per heavy atom. The van der Waals surface area contributed by atoms with Crippen molar-refractivity contribution in [3.05, 3.63) is 78.9 Å². The Hall–Kier alpha value is -3.36. The van der Waals surface area contributed by atoms with Gasteiger partial charge in [0.25, 0.3) is 0 Å². The number of benzene rings is 3. The van der Waals surface area contributed by atoms with E-state index in [1.807, 2.05) is 30.3 Å². The molecule has 3 aromatic carbocycles. The number of sulfonamides is 1. The first kappa shape index (κ1) is 21.4. The van der Waals surface area contributed by atoms with E-state index in [2.05, 4.69) is 10.0 Å². The lowest BCUT2D eigenvalue weighted by Crippen LogP contribution is -2.41. The lowest BCUT2D eigenvalue weighted by molar-refractivity contribution is -0.117. The summed E-state index contributed by atoms with van der Waals surface area (Å²) < 4.78 is 38.0. The van der Waals surface area contributed by atoms with Crippen molar-refractivity contribution in [2.24, 2.45) is 0 Å². The van der Waals surface area contributed by atoms with E-state index in [1.165, 1.54) is 26.2 Å². The van der Waals surface area contributed by atoms with Gasteiger partial charge >= 0.3 is 0 Å². The molecule has 3 rings (SSSR count). The maximum absolute atomic E-state index is 12.5. The molecule has 0 aliphatic carbocycles. The number of anilines is 1. The van der Waals surface area contributed by atoms with Gasteiger partial charge in [0.1, 0.15) is 17.2 Å². The van der Waals surface area contributed by atoms with Crippen LogP contribution in [0.4, 0.5) is 5.69 Å². The van der Waals surface area contributed by atoms with Crippen LogP contribution in [0.1, 0.15) is 6.92 Å². The molecule has 1 atom stereocenters. The number of ether oxygens (including phenoxy) is 2. The molecule has 0 spiro atoms. The van der Waals surface area contributed by atoms with Crippen molar-refractivity contribution in [2.75, 3.05) is 12.4 Å². The zero-order chi connectivity index (χ0) is 21.6. The lowest BCUT2D eigenvalue weighted by atomic mass is 10.2. The molecule has 156 valence electrons. The molecule has 30 heavy (non-hydrogen) atoms. The van der Waals surface area contributed by atoms with Crippen molar-refractivity contribution in [1.29, 1.82) is 0 Å². The quantitative estimate of drug-likeness (QED) is 0.572. The third-order valence-electron chi connectivity index (χ3n) is 4.20. The Morgan fingerprint density at radius 1 is 0.833 bits per heavy atom. The van der Waals surface area contributed by atoms with E-state index in [0.717, 1.165) is 0 Å². The smallest absolute Gasteiger partial charge is 0.242 e. The van der Waals surface area contributed by atoms with Gasteiger partial charge in [-0.1, -0.05) is 18.2 Å². The summed E-state index contributed by atoms with van der Waals surface area (Å²) >= 11 is 0. The molecule has 8 heteroatoms. The van der Waals surface area contributed by atoms with Crippen molar-refractivity contribution in [1.82, 2.24) is 4.72 Å². The van der Waals surface area contributed by atoms with Gasteiger partial charge in [-0.05, 0) is 67.6 Å². The highest BCUT2D eigenvalue weighted by Crippen LogP contribution is 2.23. The maximum atomic E-state index is 12.5. The van der Waals surface area contributed by atoms with E-state index < -0.39 is 22.0 Å². The van der Waals surface area contributed by atoms with Gasteiger partial charge in [0.05, 0.1) is 18.0 Å². The van der Waals surface area contributed by atoms with E-state index in [9.17, 15) is 13.2 Å². The molecular formula is C22H22N2O5S. The number of amides is 1. The Bertz CT molecular complexity index is 1080. The second kappa shape index (κ2) is 9.43. The second-order valence-corrected chi connectivity index (χ2v) is 8.16. The van der Waals surface area contributed by atoms with Crippen molar-refractivity contribution < 1.29 is 22.7 Å². The van der Waals surface area contributed by atoms with Crippen LogP contribution < -0.4 is 19.5 Å². The topological polar surface area (TPSA) is 93.7 Å². The first-order valence-corrected chi connectivity index (χ1v) is 10.7. The minimum absolute atomic E-state index is 0.0466. The first-order chi connectivity index (χ1) is 14.4. The Labute approximate surface area is 175 Å². The fourth-order valence-corrected chi connectivity index (χ4v) is 3.79. The number of para-hydroxylation sites is 1. The number of carbonyl (C=O) groups is 1. The van der Waals surface area contributed by atoms with Crippen LogP contribution >= 0.6 is 0 Å². The van der Waals surface area contributed by atoms with Crippen LogP contribution in [0.3, 0.4) is 0 Å². The van der Waals surface area contributed by atoms with E-state index in [-0.39, 0.29) is 4.90 Å². The van der Waals surface area contributed by atoms with Gasteiger partial charge in [-0.3, -0.25) is 4.79 Å². The molecule has 0 heterocycles. The van der Waals surface area contributed by atoms with Crippen LogP contribution in [-0.2, 0) is 14.8 Å². The SMILES string of the molecule is COc1ccc(S(=O)(=O)N[C@@H](C)C(=O)Nc2ccc(Oc3ccccc3)cc2)cc1. The van der Waals surface area contributed by atoms with Gasteiger partial charge in [0.15, 0.2) is 0 Å². The van der Waals surface area contributed by atoms with Crippen molar-refractivity contribution in [2.45, 2.75) is 17.9 Å². The van der Waals surface area contributed by atoms with Gasteiger partial charge in [0.2, 0.25) is 15.9 Å². The summed E-state index contributed by atoms with van der Waals surface area (Å²) in [4.78, 5) is 12.5. The summed E-state index contributed by atoms with van der Waals surface area (Å²) in [5, 5.41) is 2.68. The van der Waals surface area contributed by atoms with E-state index >= 15 is 0 Å². The first-order valence-electron chi connectivity index (χ1n) is 9.17. The van der Waals surface area contributed by atoms with Gasteiger partial charge < -0.3 is 14.8 Å². The lowest BCUT2D eigenvalue weighted by Gasteiger charge is -2.15. The number of hydrogen-bond donors (Lipinski definition) is 2. The molecule has 0 saturated heterocycles. The number of nitrogens with one attached hydrogen (secondary N) is 2. The Morgan fingerprint density at radius 2 is 1.40 bits per heavy atom. The fourth-order valence-electron chi connectivity index (χ4n) is 2.59. The number of carbonyl (C=O) groups excluding carboxylic acids is 1. The molecule has 0 bridgehead atoms. The fraction of sp³-hybridized carbons (Fsp3) is 0.136. The van der Waals surface area contributed by atoms with Crippen LogP contribution in [0.15, 0.2) is 83.8 Å². The van der Waals surface area contributed by atoms with Gasteiger partial charge in [-0.15, -0.1) is 0 Å². The normalized spacial score (nSPS) is 12.1. The minimum Gasteiger partial charge on any atom is -0.497 e. The molecule has 0 aliphatic heterocycles. The highest BCUT2D eigenvalue weighted by Gasteiger charge is 2.22. The summed E-state index contributed by atoms with van der Waals surface area (Å²) in [6.45, 7) is 1.48. The summed E-state index contributed by atoms with van der Waals surface area (Å²) in [6, 6.07) is 21.1. The maximum Gasteiger partial charge on any atom is 0.242 e. The van der Waals surface area contributed by atoms with Crippen LogP contribution in [0, 0.1) is 0 Å². The molecular weight excluding hydrogens is 404 g/mol. The Balaban J connectivity index is 1.59. The highest BCUT2D eigenvalue weighted by molar-refractivity contribution is 7.89. The molecule has 0 radical (unpaired) electrons. The molecule has 0 fully saturated rings. The van der Waals surface area contributed by atoms with Crippen molar-refractivity contribution in [3.8, 4) is 17.2 Å². The minimum atomic E-state index is -3.85. The van der Waals surface area contributed by atoms with Gasteiger partial charge in [-0.25, -0.2) is 8.42 Å². The average Bonchev–Trinajstić information content (AvgIpc) is 2.75. The predicted octanol–water partition coefficient (Wildman–Crippen LogP) is 3.79. The molecule has 7 nitrogen and oxygen atoms in total. The second-order valence-electron chi connectivity index (χ2n) is 6.45. The molecule has 0 aromatic heterocycles. The third-order valence-corrected chi connectivity index (χ3v) is 5.75. The molecule has 0 aliphatic rings. The zero-order valence-electron chi connectivity index (χ0n) is 16.5. The van der Waals surface area contributed by atoms with E-state index in [4.69, 9.17) is 9.47 Å². The number of rotatable bonds is 8. The molecule has 2 N–H and O–H groups in total. The Kier molecular flexibility index (Phi) is 6.71. The number of hydrogen-bond acceptors (Lipinski definition) is 5. The number of methoxy groups -OCH3 is 1. The third kappa shape index (κ3) is 5.59. The monoisotopic (exact) mass is 426 g/mol. The van der Waals surface area contributed by atoms with Gasteiger partial charge in [0, 0.05) is 5.69 Å². The van der Waals surface area contributed by atoms with Gasteiger partial charge in [-0.2, -0.15) is 4.72 Å². The van der Waals surface area contributed by atoms with E-state index in [1.54, 1.807) is 36.4 Å². The summed E-state index contributed by atoms with van der Waals surface area (Å²) in [5.41, 5.74) is 0.524. The zero-order valence-corrected chi connectivity index (χ0v) is 17.3. The highest BCUT2D eigenvalue weighted by atomic mass is 32.2. The average molecular weight is 426 g/mol. The summed E-state index contributed by atoms with van der Waals surface area (Å²) in [6.07, 6.45) is 0. The van der Waals surface area contributed by atoms with Crippen LogP contribution in [0.2, 0.25) is 0 Å². The summed E-state index contributed by atoms with van der Waals surface area (Å²) in [5.74, 6) is 1.38. The molecule has 1 amide bonds.